The Hall–Kier alpha value is -1.11. The van der Waals surface area contributed by atoms with E-state index in [9.17, 15) is 8.42 Å². The average molecular weight is 286 g/mol. The Morgan fingerprint density at radius 2 is 1.95 bits per heavy atom. The number of sulfonamides is 1. The van der Waals surface area contributed by atoms with Crippen LogP contribution in [0.1, 0.15) is 20.3 Å². The fourth-order valence-electron chi connectivity index (χ4n) is 1.66. The summed E-state index contributed by atoms with van der Waals surface area (Å²) in [5.41, 5.74) is 0.539. The molecule has 0 aliphatic rings. The fraction of sp³-hybridized carbons (Fsp3) is 0.538. The Kier molecular flexibility index (Phi) is 5.34. The third-order valence-corrected chi connectivity index (χ3v) is 3.90. The van der Waals surface area contributed by atoms with E-state index in [4.69, 9.17) is 9.88 Å². The molecule has 1 aromatic carbocycles. The van der Waals surface area contributed by atoms with Crippen LogP contribution in [0.5, 0.6) is 0 Å². The molecule has 0 aliphatic heterocycles. The Balaban J connectivity index is 2.79. The molecule has 0 saturated heterocycles. The summed E-state index contributed by atoms with van der Waals surface area (Å²) < 4.78 is 28.0. The summed E-state index contributed by atoms with van der Waals surface area (Å²) in [4.78, 5) is 0.123. The predicted octanol–water partition coefficient (Wildman–Crippen LogP) is 1.81. The van der Waals surface area contributed by atoms with Crippen molar-refractivity contribution in [2.24, 2.45) is 10.6 Å². The number of hydrogen-bond acceptors (Lipinski definition) is 4. The van der Waals surface area contributed by atoms with Gasteiger partial charge in [0, 0.05) is 20.3 Å². The van der Waals surface area contributed by atoms with Gasteiger partial charge in [-0.1, -0.05) is 26.0 Å². The van der Waals surface area contributed by atoms with Crippen LogP contribution >= 0.6 is 0 Å². The molecule has 0 atom stereocenters. The lowest BCUT2D eigenvalue weighted by molar-refractivity contribution is 0.157. The van der Waals surface area contributed by atoms with Gasteiger partial charge in [0.1, 0.15) is 4.90 Å². The minimum Gasteiger partial charge on any atom is -0.385 e. The maximum atomic E-state index is 11.5. The zero-order chi connectivity index (χ0) is 14.5. The second-order valence-electron chi connectivity index (χ2n) is 5.30. The smallest absolute Gasteiger partial charge is 0.240 e. The molecule has 0 aromatic heterocycles. The van der Waals surface area contributed by atoms with E-state index in [-0.39, 0.29) is 10.3 Å². The lowest BCUT2D eigenvalue weighted by Gasteiger charge is -2.25. The number of ether oxygens (including phenoxy) is 1. The Morgan fingerprint density at radius 1 is 1.32 bits per heavy atom. The first-order valence-corrected chi connectivity index (χ1v) is 7.65. The van der Waals surface area contributed by atoms with E-state index in [2.05, 4.69) is 19.2 Å². The van der Waals surface area contributed by atoms with Crippen LogP contribution in [-0.2, 0) is 14.8 Å². The molecule has 108 valence electrons. The van der Waals surface area contributed by atoms with Crippen molar-refractivity contribution < 1.29 is 13.2 Å². The molecule has 0 bridgehead atoms. The number of nitrogens with two attached hydrogens (primary N) is 1. The molecule has 0 saturated carbocycles. The second-order valence-corrected chi connectivity index (χ2v) is 6.83. The summed E-state index contributed by atoms with van der Waals surface area (Å²) in [6, 6.07) is 6.64. The zero-order valence-corrected chi connectivity index (χ0v) is 12.5. The van der Waals surface area contributed by atoms with Crippen LogP contribution < -0.4 is 10.5 Å². The highest BCUT2D eigenvalue weighted by molar-refractivity contribution is 7.89. The Bertz CT molecular complexity index is 512. The Labute approximate surface area is 115 Å². The molecule has 0 radical (unpaired) electrons. The zero-order valence-electron chi connectivity index (χ0n) is 11.6. The van der Waals surface area contributed by atoms with Gasteiger partial charge in [-0.2, -0.15) is 0 Å². The van der Waals surface area contributed by atoms with E-state index >= 15 is 0 Å². The van der Waals surface area contributed by atoms with E-state index in [0.717, 1.165) is 6.42 Å². The van der Waals surface area contributed by atoms with Crippen molar-refractivity contribution in [1.29, 1.82) is 0 Å². The largest absolute Gasteiger partial charge is 0.385 e. The van der Waals surface area contributed by atoms with E-state index in [0.29, 0.717) is 18.8 Å². The number of nitrogens with one attached hydrogen (secondary N) is 1. The quantitative estimate of drug-likeness (QED) is 0.801. The topological polar surface area (TPSA) is 81.4 Å². The highest BCUT2D eigenvalue weighted by Crippen LogP contribution is 2.24. The van der Waals surface area contributed by atoms with Crippen molar-refractivity contribution in [3.8, 4) is 0 Å². The number of methoxy groups -OCH3 is 1. The molecular formula is C13H22N2O3S. The lowest BCUT2D eigenvalue weighted by Crippen LogP contribution is -2.25. The third kappa shape index (κ3) is 5.18. The molecule has 0 unspecified atom stereocenters. The highest BCUT2D eigenvalue weighted by atomic mass is 32.2. The average Bonchev–Trinajstić information content (AvgIpc) is 2.33. The van der Waals surface area contributed by atoms with Gasteiger partial charge in [-0.15, -0.1) is 0 Å². The van der Waals surface area contributed by atoms with Crippen LogP contribution in [0.4, 0.5) is 5.69 Å². The normalized spacial score (nSPS) is 12.4. The summed E-state index contributed by atoms with van der Waals surface area (Å²) in [7, 11) is -2.04. The van der Waals surface area contributed by atoms with Crippen LogP contribution in [0.25, 0.3) is 0 Å². The molecule has 0 aliphatic carbocycles. The maximum absolute atomic E-state index is 11.5. The fourth-order valence-corrected chi connectivity index (χ4v) is 2.38. The number of hydrogen-bond donors (Lipinski definition) is 2. The van der Waals surface area contributed by atoms with Gasteiger partial charge >= 0.3 is 0 Å². The van der Waals surface area contributed by atoms with Crippen molar-refractivity contribution in [3.63, 3.8) is 0 Å². The van der Waals surface area contributed by atoms with E-state index in [1.54, 1.807) is 25.3 Å². The van der Waals surface area contributed by atoms with E-state index in [1.807, 2.05) is 0 Å². The first kappa shape index (κ1) is 15.9. The molecule has 0 spiro atoms. The Morgan fingerprint density at radius 3 is 2.53 bits per heavy atom. The SMILES string of the molecule is COCCC(C)(C)CNc1ccccc1S(N)(=O)=O. The number of benzene rings is 1. The molecule has 0 amide bonds. The summed E-state index contributed by atoms with van der Waals surface area (Å²) in [5.74, 6) is 0. The first-order chi connectivity index (χ1) is 8.76. The van der Waals surface area contributed by atoms with Crippen LogP contribution in [0, 0.1) is 5.41 Å². The summed E-state index contributed by atoms with van der Waals surface area (Å²) in [6.45, 7) is 5.51. The van der Waals surface area contributed by atoms with Crippen LogP contribution in [0.3, 0.4) is 0 Å². The minimum absolute atomic E-state index is 0.00147. The number of para-hydroxylation sites is 1. The predicted molar refractivity (Wildman–Crippen MR) is 76.6 cm³/mol. The summed E-state index contributed by atoms with van der Waals surface area (Å²) in [6.07, 6.45) is 0.883. The lowest BCUT2D eigenvalue weighted by atomic mass is 9.89. The van der Waals surface area contributed by atoms with E-state index < -0.39 is 10.0 Å². The van der Waals surface area contributed by atoms with Crippen molar-refractivity contribution >= 4 is 15.7 Å². The first-order valence-electron chi connectivity index (χ1n) is 6.11. The van der Waals surface area contributed by atoms with Crippen molar-refractivity contribution in [2.45, 2.75) is 25.2 Å². The molecule has 1 rings (SSSR count). The van der Waals surface area contributed by atoms with Gasteiger partial charge < -0.3 is 10.1 Å². The van der Waals surface area contributed by atoms with Gasteiger partial charge in [0.15, 0.2) is 0 Å². The van der Waals surface area contributed by atoms with Gasteiger partial charge in [-0.05, 0) is 24.0 Å². The van der Waals surface area contributed by atoms with Crippen molar-refractivity contribution in [1.82, 2.24) is 0 Å². The molecular weight excluding hydrogens is 264 g/mol. The number of primary sulfonamides is 1. The number of anilines is 1. The van der Waals surface area contributed by atoms with Crippen molar-refractivity contribution in [3.05, 3.63) is 24.3 Å². The van der Waals surface area contributed by atoms with Gasteiger partial charge in [0.05, 0.1) is 5.69 Å². The maximum Gasteiger partial charge on any atom is 0.240 e. The van der Waals surface area contributed by atoms with Crippen molar-refractivity contribution in [2.75, 3.05) is 25.6 Å². The molecule has 0 heterocycles. The molecule has 3 N–H and O–H groups in total. The van der Waals surface area contributed by atoms with Gasteiger partial charge in [-0.25, -0.2) is 13.6 Å². The van der Waals surface area contributed by atoms with Gasteiger partial charge in [-0.3, -0.25) is 0 Å². The molecule has 6 heteroatoms. The third-order valence-electron chi connectivity index (χ3n) is 2.93. The molecule has 0 fully saturated rings. The highest BCUT2D eigenvalue weighted by Gasteiger charge is 2.19. The molecule has 1 aromatic rings. The molecule has 19 heavy (non-hydrogen) atoms. The number of rotatable bonds is 7. The van der Waals surface area contributed by atoms with Gasteiger partial charge in [0.2, 0.25) is 10.0 Å². The minimum atomic E-state index is -3.71. The van der Waals surface area contributed by atoms with Crippen LogP contribution in [0.15, 0.2) is 29.2 Å². The van der Waals surface area contributed by atoms with Gasteiger partial charge in [0.25, 0.3) is 0 Å². The summed E-state index contributed by atoms with van der Waals surface area (Å²) in [5, 5.41) is 8.34. The van der Waals surface area contributed by atoms with E-state index in [1.165, 1.54) is 6.07 Å². The summed E-state index contributed by atoms with van der Waals surface area (Å²) >= 11 is 0. The molecule has 5 nitrogen and oxygen atoms in total. The van der Waals surface area contributed by atoms with Crippen LogP contribution in [-0.4, -0.2) is 28.7 Å². The monoisotopic (exact) mass is 286 g/mol. The van der Waals surface area contributed by atoms with Crippen LogP contribution in [0.2, 0.25) is 0 Å². The standard InChI is InChI=1S/C13H22N2O3S/c1-13(2,8-9-18-3)10-15-11-6-4-5-7-12(11)19(14,16)17/h4-7,15H,8-10H2,1-3H3,(H2,14,16,17). The second kappa shape index (κ2) is 6.36.